The first-order valence-electron chi connectivity index (χ1n) is 7.13. The van der Waals surface area contributed by atoms with Crippen LogP contribution in [0, 0.1) is 5.92 Å². The van der Waals surface area contributed by atoms with Crippen LogP contribution in [0.2, 0.25) is 0 Å². The molecule has 1 aliphatic heterocycles. The van der Waals surface area contributed by atoms with Crippen molar-refractivity contribution >= 4 is 49.1 Å². The molecule has 118 valence electrons. The van der Waals surface area contributed by atoms with E-state index in [1.165, 1.54) is 11.3 Å². The lowest BCUT2D eigenvalue weighted by atomic mass is 10.0. The molecule has 1 saturated heterocycles. The van der Waals surface area contributed by atoms with Gasteiger partial charge in [-0.3, -0.25) is 4.79 Å². The fourth-order valence-corrected chi connectivity index (χ4v) is 3.95. The Balaban J connectivity index is 1.42. The average Bonchev–Trinajstić information content (AvgIpc) is 3.13. The second kappa shape index (κ2) is 5.78. The van der Waals surface area contributed by atoms with Crippen LogP contribution in [0.4, 0.5) is 10.3 Å². The van der Waals surface area contributed by atoms with Crippen molar-refractivity contribution in [1.29, 1.82) is 0 Å². The first kappa shape index (κ1) is 14.4. The van der Waals surface area contributed by atoms with Crippen molar-refractivity contribution in [2.75, 3.05) is 30.4 Å². The van der Waals surface area contributed by atoms with E-state index in [0.29, 0.717) is 18.2 Å². The van der Waals surface area contributed by atoms with Gasteiger partial charge in [-0.1, -0.05) is 11.3 Å². The van der Waals surface area contributed by atoms with E-state index in [1.54, 1.807) is 24.6 Å². The quantitative estimate of drug-likeness (QED) is 0.787. The first-order chi connectivity index (χ1) is 11.2. The number of rotatable bonds is 4. The van der Waals surface area contributed by atoms with Crippen LogP contribution in [0.1, 0.15) is 0 Å². The van der Waals surface area contributed by atoms with E-state index in [-0.39, 0.29) is 11.8 Å². The summed E-state index contributed by atoms with van der Waals surface area (Å²) in [6.07, 6.45) is 1.68. The number of fused-ring (bicyclic) bond motifs is 1. The summed E-state index contributed by atoms with van der Waals surface area (Å²) in [7, 11) is 1.65. The topological polar surface area (TPSA) is 67.3 Å². The lowest BCUT2D eigenvalue weighted by molar-refractivity contribution is -0.120. The van der Waals surface area contributed by atoms with Crippen LogP contribution in [0.5, 0.6) is 5.75 Å². The van der Waals surface area contributed by atoms with Crippen LogP contribution < -0.4 is 15.0 Å². The molecule has 0 bridgehead atoms. The minimum atomic E-state index is -0.0135. The number of anilines is 2. The molecule has 0 saturated carbocycles. The summed E-state index contributed by atoms with van der Waals surface area (Å²) >= 11 is 3.06. The normalized spacial score (nSPS) is 14.7. The molecule has 3 heterocycles. The molecule has 8 heteroatoms. The van der Waals surface area contributed by atoms with E-state index < -0.39 is 0 Å². The van der Waals surface area contributed by atoms with Gasteiger partial charge in [-0.2, -0.15) is 0 Å². The third kappa shape index (κ3) is 2.75. The number of nitrogens with zero attached hydrogens (tertiary/aromatic N) is 3. The van der Waals surface area contributed by atoms with E-state index in [1.807, 2.05) is 23.6 Å². The van der Waals surface area contributed by atoms with Gasteiger partial charge in [0.05, 0.1) is 23.2 Å². The van der Waals surface area contributed by atoms with Gasteiger partial charge in [-0.25, -0.2) is 9.97 Å². The van der Waals surface area contributed by atoms with Crippen molar-refractivity contribution in [1.82, 2.24) is 9.97 Å². The van der Waals surface area contributed by atoms with Gasteiger partial charge >= 0.3 is 0 Å². The molecule has 3 aromatic rings. The number of carbonyl (C=O) groups is 1. The van der Waals surface area contributed by atoms with Gasteiger partial charge < -0.3 is 15.0 Å². The third-order valence-corrected chi connectivity index (χ3v) is 5.55. The Kier molecular flexibility index (Phi) is 3.62. The zero-order valence-corrected chi connectivity index (χ0v) is 14.0. The lowest BCUT2D eigenvalue weighted by Crippen LogP contribution is -2.52. The minimum Gasteiger partial charge on any atom is -0.497 e. The number of aromatic nitrogens is 2. The molecule has 1 N–H and O–H groups in total. The fourth-order valence-electron chi connectivity index (χ4n) is 2.45. The van der Waals surface area contributed by atoms with Gasteiger partial charge in [-0.15, -0.1) is 11.3 Å². The van der Waals surface area contributed by atoms with Crippen molar-refractivity contribution in [3.8, 4) is 5.75 Å². The largest absolute Gasteiger partial charge is 0.497 e. The number of ether oxygens (including phenoxy) is 1. The van der Waals surface area contributed by atoms with Crippen molar-refractivity contribution < 1.29 is 9.53 Å². The summed E-state index contributed by atoms with van der Waals surface area (Å²) in [5.74, 6) is 0.818. The molecule has 1 aromatic carbocycles. The molecule has 0 atom stereocenters. The van der Waals surface area contributed by atoms with Gasteiger partial charge in [0, 0.05) is 30.7 Å². The van der Waals surface area contributed by atoms with Crippen LogP contribution >= 0.6 is 22.7 Å². The smallest absolute Gasteiger partial charge is 0.232 e. The molecular weight excluding hydrogens is 332 g/mol. The predicted octanol–water partition coefficient (Wildman–Crippen LogP) is 2.84. The highest BCUT2D eigenvalue weighted by atomic mass is 32.1. The van der Waals surface area contributed by atoms with Crippen LogP contribution in [0.3, 0.4) is 0 Å². The molecule has 23 heavy (non-hydrogen) atoms. The Labute approximate surface area is 140 Å². The maximum absolute atomic E-state index is 12.1. The Morgan fingerprint density at radius 1 is 1.43 bits per heavy atom. The Morgan fingerprint density at radius 3 is 3.04 bits per heavy atom. The predicted molar refractivity (Wildman–Crippen MR) is 92.6 cm³/mol. The molecule has 6 nitrogen and oxygen atoms in total. The minimum absolute atomic E-state index is 0.0135. The summed E-state index contributed by atoms with van der Waals surface area (Å²) in [5.41, 5.74) is 0.931. The fraction of sp³-hybridized carbons (Fsp3) is 0.267. The number of nitrogens with one attached hydrogen (secondary N) is 1. The average molecular weight is 346 g/mol. The lowest BCUT2D eigenvalue weighted by Gasteiger charge is -2.37. The standard InChI is InChI=1S/C15H14N4O2S2/c1-21-10-2-3-12-11(6-10)17-15(23-12)19-7-9(8-19)13(20)18-14-16-4-5-22-14/h2-6,9H,7-8H2,1H3,(H,16,18,20). The molecule has 1 amide bonds. The first-order valence-corrected chi connectivity index (χ1v) is 8.82. The number of thiazole rings is 2. The molecule has 0 unspecified atom stereocenters. The van der Waals surface area contributed by atoms with E-state index in [2.05, 4.69) is 20.2 Å². The second-order valence-electron chi connectivity index (χ2n) is 5.26. The third-order valence-electron chi connectivity index (χ3n) is 3.77. The van der Waals surface area contributed by atoms with Crippen LogP contribution in [0.25, 0.3) is 10.2 Å². The van der Waals surface area contributed by atoms with Gasteiger partial charge in [-0.05, 0) is 12.1 Å². The highest BCUT2D eigenvalue weighted by molar-refractivity contribution is 7.22. The van der Waals surface area contributed by atoms with E-state index >= 15 is 0 Å². The molecule has 1 aliphatic rings. The van der Waals surface area contributed by atoms with Crippen molar-refractivity contribution in [2.45, 2.75) is 0 Å². The second-order valence-corrected chi connectivity index (χ2v) is 7.16. The number of amides is 1. The van der Waals surface area contributed by atoms with E-state index in [4.69, 9.17) is 4.74 Å². The monoisotopic (exact) mass is 346 g/mol. The van der Waals surface area contributed by atoms with Gasteiger partial charge in [0.15, 0.2) is 10.3 Å². The number of benzene rings is 1. The molecule has 0 aliphatic carbocycles. The zero-order valence-electron chi connectivity index (χ0n) is 12.4. The number of carbonyl (C=O) groups excluding carboxylic acids is 1. The maximum Gasteiger partial charge on any atom is 0.232 e. The van der Waals surface area contributed by atoms with E-state index in [0.717, 1.165) is 21.1 Å². The van der Waals surface area contributed by atoms with Crippen molar-refractivity contribution in [3.05, 3.63) is 29.8 Å². The number of hydrogen-bond donors (Lipinski definition) is 1. The van der Waals surface area contributed by atoms with Crippen LogP contribution in [-0.4, -0.2) is 36.1 Å². The number of methoxy groups -OCH3 is 1. The van der Waals surface area contributed by atoms with Gasteiger partial charge in [0.1, 0.15) is 5.75 Å². The Morgan fingerprint density at radius 2 is 2.30 bits per heavy atom. The summed E-state index contributed by atoms with van der Waals surface area (Å²) < 4.78 is 6.35. The zero-order chi connectivity index (χ0) is 15.8. The molecule has 0 spiro atoms. The molecule has 0 radical (unpaired) electrons. The molecule has 2 aromatic heterocycles. The van der Waals surface area contributed by atoms with Crippen LogP contribution in [0.15, 0.2) is 29.8 Å². The van der Waals surface area contributed by atoms with Gasteiger partial charge in [0.2, 0.25) is 5.91 Å². The van der Waals surface area contributed by atoms with Gasteiger partial charge in [0.25, 0.3) is 0 Å². The highest BCUT2D eigenvalue weighted by Crippen LogP contribution is 2.34. The Bertz CT molecular complexity index is 840. The highest BCUT2D eigenvalue weighted by Gasteiger charge is 2.34. The SMILES string of the molecule is COc1ccc2sc(N3CC(C(=O)Nc4nccs4)C3)nc2c1. The summed E-state index contributed by atoms with van der Waals surface area (Å²) in [5, 5.41) is 6.29. The summed E-state index contributed by atoms with van der Waals surface area (Å²) in [4.78, 5) is 23.0. The summed E-state index contributed by atoms with van der Waals surface area (Å²) in [6, 6.07) is 5.88. The van der Waals surface area contributed by atoms with E-state index in [9.17, 15) is 4.79 Å². The Hall–Kier alpha value is -2.19. The molecule has 1 fully saturated rings. The van der Waals surface area contributed by atoms with Crippen molar-refractivity contribution in [2.24, 2.45) is 5.92 Å². The maximum atomic E-state index is 12.1. The molecule has 4 rings (SSSR count). The van der Waals surface area contributed by atoms with Crippen molar-refractivity contribution in [3.63, 3.8) is 0 Å². The van der Waals surface area contributed by atoms with Crippen LogP contribution in [-0.2, 0) is 4.79 Å². The summed E-state index contributed by atoms with van der Waals surface area (Å²) in [6.45, 7) is 1.38. The number of hydrogen-bond acceptors (Lipinski definition) is 7. The molecular formula is C15H14N4O2S2.